The zero-order valence-corrected chi connectivity index (χ0v) is 8.40. The van der Waals surface area contributed by atoms with E-state index in [1.54, 1.807) is 14.0 Å². The van der Waals surface area contributed by atoms with Crippen LogP contribution in [0.1, 0.15) is 20.8 Å². The monoisotopic (exact) mass is 176 g/mol. The molecular formula is C8H16O2S. The minimum atomic E-state index is 0.160. The van der Waals surface area contributed by atoms with Crippen molar-refractivity contribution in [1.29, 1.82) is 0 Å². The first-order valence-electron chi connectivity index (χ1n) is 3.74. The summed E-state index contributed by atoms with van der Waals surface area (Å²) in [6.07, 6.45) is 0.198. The van der Waals surface area contributed by atoms with Gasteiger partial charge in [0.15, 0.2) is 5.12 Å². The van der Waals surface area contributed by atoms with Crippen LogP contribution in [0.3, 0.4) is 0 Å². The minimum Gasteiger partial charge on any atom is -0.380 e. The lowest BCUT2D eigenvalue weighted by Crippen LogP contribution is -2.21. The second-order valence-corrected chi connectivity index (χ2v) is 4.02. The average Bonchev–Trinajstić information content (AvgIpc) is 1.87. The molecule has 0 aromatic heterocycles. The Morgan fingerprint density at radius 3 is 2.36 bits per heavy atom. The molecule has 0 N–H and O–H groups in total. The third kappa shape index (κ3) is 5.27. The summed E-state index contributed by atoms with van der Waals surface area (Å²) in [5.41, 5.74) is 0. The van der Waals surface area contributed by atoms with Crippen molar-refractivity contribution >= 4 is 16.9 Å². The lowest BCUT2D eigenvalue weighted by Gasteiger charge is -2.17. The van der Waals surface area contributed by atoms with Gasteiger partial charge in [0, 0.05) is 19.8 Å². The molecule has 0 bridgehead atoms. The largest absolute Gasteiger partial charge is 0.380 e. The van der Waals surface area contributed by atoms with Gasteiger partial charge in [0.1, 0.15) is 0 Å². The summed E-state index contributed by atoms with van der Waals surface area (Å²) in [5.74, 6) is 1.25. The van der Waals surface area contributed by atoms with E-state index in [0.29, 0.717) is 5.92 Å². The highest BCUT2D eigenvalue weighted by atomic mass is 32.2. The molecule has 0 fully saturated rings. The predicted octanol–water partition coefficient (Wildman–Crippen LogP) is 1.94. The number of rotatable bonds is 4. The van der Waals surface area contributed by atoms with Crippen molar-refractivity contribution in [1.82, 2.24) is 0 Å². The quantitative estimate of drug-likeness (QED) is 0.654. The van der Waals surface area contributed by atoms with Gasteiger partial charge in [0.05, 0.1) is 6.10 Å². The number of thioether (sulfide) groups is 1. The van der Waals surface area contributed by atoms with Gasteiger partial charge in [-0.15, -0.1) is 0 Å². The van der Waals surface area contributed by atoms with E-state index < -0.39 is 0 Å². The zero-order valence-electron chi connectivity index (χ0n) is 7.59. The van der Waals surface area contributed by atoms with Crippen molar-refractivity contribution in [3.63, 3.8) is 0 Å². The van der Waals surface area contributed by atoms with E-state index in [1.165, 1.54) is 11.8 Å². The Balaban J connectivity index is 3.61. The number of methoxy groups -OCH3 is 1. The van der Waals surface area contributed by atoms with Gasteiger partial charge in [-0.1, -0.05) is 25.6 Å². The van der Waals surface area contributed by atoms with Gasteiger partial charge in [-0.25, -0.2) is 0 Å². The summed E-state index contributed by atoms with van der Waals surface area (Å²) < 4.78 is 5.19. The molecule has 0 aromatic rings. The smallest absolute Gasteiger partial charge is 0.185 e. The number of carbonyl (C=O) groups excluding carboxylic acids is 1. The summed E-state index contributed by atoms with van der Waals surface area (Å²) in [7, 11) is 1.69. The van der Waals surface area contributed by atoms with Gasteiger partial charge >= 0.3 is 0 Å². The van der Waals surface area contributed by atoms with Crippen molar-refractivity contribution in [2.45, 2.75) is 26.9 Å². The van der Waals surface area contributed by atoms with Crippen molar-refractivity contribution in [3.05, 3.63) is 0 Å². The average molecular weight is 176 g/mol. The molecule has 11 heavy (non-hydrogen) atoms. The van der Waals surface area contributed by atoms with Crippen LogP contribution in [-0.2, 0) is 9.53 Å². The van der Waals surface area contributed by atoms with E-state index in [4.69, 9.17) is 4.74 Å². The van der Waals surface area contributed by atoms with E-state index in [0.717, 1.165) is 5.75 Å². The lowest BCUT2D eigenvalue weighted by atomic mass is 10.1. The Morgan fingerprint density at radius 2 is 2.09 bits per heavy atom. The lowest BCUT2D eigenvalue weighted by molar-refractivity contribution is -0.109. The van der Waals surface area contributed by atoms with Crippen molar-refractivity contribution in [2.24, 2.45) is 5.92 Å². The first kappa shape index (κ1) is 11.0. The topological polar surface area (TPSA) is 26.3 Å². The first-order valence-corrected chi connectivity index (χ1v) is 4.72. The van der Waals surface area contributed by atoms with Gasteiger partial charge in [-0.05, 0) is 5.92 Å². The number of hydrogen-bond acceptors (Lipinski definition) is 3. The van der Waals surface area contributed by atoms with E-state index in [1.807, 2.05) is 0 Å². The fourth-order valence-corrected chi connectivity index (χ4v) is 1.65. The van der Waals surface area contributed by atoms with Crippen LogP contribution in [0.15, 0.2) is 0 Å². The second kappa shape index (κ2) is 5.61. The molecule has 0 saturated heterocycles. The van der Waals surface area contributed by atoms with Gasteiger partial charge in [0.25, 0.3) is 0 Å². The molecule has 0 aliphatic rings. The van der Waals surface area contributed by atoms with Gasteiger partial charge in [-0.2, -0.15) is 0 Å². The van der Waals surface area contributed by atoms with Gasteiger partial charge in [0.2, 0.25) is 0 Å². The van der Waals surface area contributed by atoms with Crippen LogP contribution in [0.5, 0.6) is 0 Å². The zero-order chi connectivity index (χ0) is 8.85. The second-order valence-electron chi connectivity index (χ2n) is 2.82. The SMILES string of the molecule is COC(CSC(C)=O)C(C)C. The molecule has 0 aliphatic carbocycles. The van der Waals surface area contributed by atoms with Gasteiger partial charge in [-0.3, -0.25) is 4.79 Å². The molecule has 3 heteroatoms. The molecule has 2 nitrogen and oxygen atoms in total. The molecule has 0 saturated carbocycles. The van der Waals surface area contributed by atoms with Crippen LogP contribution < -0.4 is 0 Å². The Bertz CT molecular complexity index is 123. The predicted molar refractivity (Wildman–Crippen MR) is 48.8 cm³/mol. The van der Waals surface area contributed by atoms with E-state index >= 15 is 0 Å². The highest BCUT2D eigenvalue weighted by Crippen LogP contribution is 2.12. The van der Waals surface area contributed by atoms with E-state index in [-0.39, 0.29) is 11.2 Å². The molecule has 0 radical (unpaired) electrons. The minimum absolute atomic E-state index is 0.160. The van der Waals surface area contributed by atoms with Gasteiger partial charge < -0.3 is 4.74 Å². The summed E-state index contributed by atoms with van der Waals surface area (Å²) in [6, 6.07) is 0. The molecule has 66 valence electrons. The number of carbonyl (C=O) groups is 1. The maximum atomic E-state index is 10.6. The maximum Gasteiger partial charge on any atom is 0.185 e. The standard InChI is InChI=1S/C8H16O2S/c1-6(2)8(10-4)5-11-7(3)9/h6,8H,5H2,1-4H3. The molecule has 0 amide bonds. The number of ether oxygens (including phenoxy) is 1. The number of hydrogen-bond donors (Lipinski definition) is 0. The molecule has 1 unspecified atom stereocenters. The van der Waals surface area contributed by atoms with Crippen LogP contribution in [0.4, 0.5) is 0 Å². The summed E-state index contributed by atoms with van der Waals surface area (Å²) in [5, 5.41) is 0.160. The fraction of sp³-hybridized carbons (Fsp3) is 0.875. The summed E-state index contributed by atoms with van der Waals surface area (Å²) >= 11 is 1.33. The van der Waals surface area contributed by atoms with Crippen LogP contribution >= 0.6 is 11.8 Å². The first-order chi connectivity index (χ1) is 5.07. The van der Waals surface area contributed by atoms with Crippen LogP contribution in [0, 0.1) is 5.92 Å². The van der Waals surface area contributed by atoms with Crippen molar-refractivity contribution in [2.75, 3.05) is 12.9 Å². The van der Waals surface area contributed by atoms with E-state index in [2.05, 4.69) is 13.8 Å². The van der Waals surface area contributed by atoms with Crippen molar-refractivity contribution in [3.8, 4) is 0 Å². The van der Waals surface area contributed by atoms with Crippen molar-refractivity contribution < 1.29 is 9.53 Å². The Kier molecular flexibility index (Phi) is 5.60. The molecule has 0 aliphatic heterocycles. The van der Waals surface area contributed by atoms with Crippen LogP contribution in [0.25, 0.3) is 0 Å². The highest BCUT2D eigenvalue weighted by Gasteiger charge is 2.12. The fourth-order valence-electron chi connectivity index (χ4n) is 0.732. The summed E-state index contributed by atoms with van der Waals surface area (Å²) in [4.78, 5) is 10.6. The van der Waals surface area contributed by atoms with E-state index in [9.17, 15) is 4.79 Å². The Morgan fingerprint density at radius 1 is 1.55 bits per heavy atom. The molecule has 0 aromatic carbocycles. The Hall–Kier alpha value is -0.0200. The third-order valence-corrected chi connectivity index (χ3v) is 2.40. The maximum absolute atomic E-state index is 10.6. The van der Waals surface area contributed by atoms with Crippen LogP contribution in [-0.4, -0.2) is 24.1 Å². The third-order valence-electron chi connectivity index (χ3n) is 1.50. The van der Waals surface area contributed by atoms with Crippen LogP contribution in [0.2, 0.25) is 0 Å². The molecule has 1 atom stereocenters. The normalized spacial score (nSPS) is 13.5. The highest BCUT2D eigenvalue weighted by molar-refractivity contribution is 8.13. The molecular weight excluding hydrogens is 160 g/mol. The molecule has 0 heterocycles. The Labute approximate surface area is 72.7 Å². The molecule has 0 spiro atoms. The molecule has 0 rings (SSSR count). The summed E-state index contributed by atoms with van der Waals surface area (Å²) in [6.45, 7) is 5.77.